The van der Waals surface area contributed by atoms with Gasteiger partial charge in [0.2, 0.25) is 0 Å². The van der Waals surface area contributed by atoms with Crippen molar-refractivity contribution in [3.05, 3.63) is 59.7 Å². The van der Waals surface area contributed by atoms with Crippen molar-refractivity contribution in [2.24, 2.45) is 0 Å². The minimum Gasteiger partial charge on any atom is -0.396 e. The van der Waals surface area contributed by atoms with Crippen LogP contribution in [0.25, 0.3) is 11.1 Å². The Balaban J connectivity index is 2.35. The summed E-state index contributed by atoms with van der Waals surface area (Å²) in [6.45, 7) is 0.445. The van der Waals surface area contributed by atoms with E-state index in [0.717, 1.165) is 25.7 Å². The summed E-state index contributed by atoms with van der Waals surface area (Å²) < 4.78 is 0. The van der Waals surface area contributed by atoms with Crippen molar-refractivity contribution in [3.63, 3.8) is 0 Å². The van der Waals surface area contributed by atoms with Crippen LogP contribution in [0.3, 0.4) is 0 Å². The van der Waals surface area contributed by atoms with Gasteiger partial charge >= 0.3 is 0 Å². The van der Waals surface area contributed by atoms with E-state index in [-0.39, 0.29) is 13.2 Å². The molecule has 0 saturated carbocycles. The molecule has 0 radical (unpaired) electrons. The molecule has 0 spiro atoms. The van der Waals surface area contributed by atoms with Crippen LogP contribution in [-0.2, 0) is 12.8 Å². The molecule has 2 heteroatoms. The van der Waals surface area contributed by atoms with E-state index >= 15 is 0 Å². The van der Waals surface area contributed by atoms with Gasteiger partial charge in [0, 0.05) is 13.2 Å². The molecule has 0 aliphatic rings. The van der Waals surface area contributed by atoms with Gasteiger partial charge in [-0.3, -0.25) is 0 Å². The van der Waals surface area contributed by atoms with Crippen molar-refractivity contribution >= 4 is 0 Å². The maximum atomic E-state index is 9.03. The molecule has 0 fully saturated rings. The number of rotatable bonds is 7. The van der Waals surface area contributed by atoms with Crippen LogP contribution in [0.1, 0.15) is 24.0 Å². The molecular formula is C18H22O2. The summed E-state index contributed by atoms with van der Waals surface area (Å²) in [4.78, 5) is 0. The number of aliphatic hydroxyl groups is 2. The molecule has 0 aliphatic carbocycles. The average molecular weight is 270 g/mol. The van der Waals surface area contributed by atoms with E-state index < -0.39 is 0 Å². The number of aryl methyl sites for hydroxylation is 2. The zero-order valence-corrected chi connectivity index (χ0v) is 11.8. The highest BCUT2D eigenvalue weighted by molar-refractivity contribution is 5.70. The Morgan fingerprint density at radius 2 is 1.00 bits per heavy atom. The zero-order valence-electron chi connectivity index (χ0n) is 11.8. The molecule has 106 valence electrons. The van der Waals surface area contributed by atoms with E-state index in [0.29, 0.717) is 0 Å². The lowest BCUT2D eigenvalue weighted by molar-refractivity contribution is 0.288. The summed E-state index contributed by atoms with van der Waals surface area (Å²) in [5.74, 6) is 0. The van der Waals surface area contributed by atoms with Crippen molar-refractivity contribution in [3.8, 4) is 11.1 Å². The second kappa shape index (κ2) is 7.83. The molecule has 0 unspecified atom stereocenters. The molecule has 2 aromatic carbocycles. The molecule has 20 heavy (non-hydrogen) atoms. The minimum absolute atomic E-state index is 0.223. The lowest BCUT2D eigenvalue weighted by Gasteiger charge is -2.13. The Bertz CT molecular complexity index is 485. The molecule has 0 aromatic heterocycles. The number of aliphatic hydroxyl groups excluding tert-OH is 2. The second-order valence-electron chi connectivity index (χ2n) is 4.97. The van der Waals surface area contributed by atoms with Crippen molar-refractivity contribution in [2.45, 2.75) is 25.7 Å². The van der Waals surface area contributed by atoms with Gasteiger partial charge < -0.3 is 10.2 Å². The molecule has 2 rings (SSSR count). The Morgan fingerprint density at radius 1 is 0.600 bits per heavy atom. The van der Waals surface area contributed by atoms with E-state index in [9.17, 15) is 0 Å². The van der Waals surface area contributed by atoms with E-state index in [4.69, 9.17) is 10.2 Å². The summed E-state index contributed by atoms with van der Waals surface area (Å²) in [6, 6.07) is 16.8. The third-order valence-corrected chi connectivity index (χ3v) is 3.53. The fourth-order valence-electron chi connectivity index (χ4n) is 2.54. The number of hydrogen-bond donors (Lipinski definition) is 2. The van der Waals surface area contributed by atoms with Gasteiger partial charge in [0.15, 0.2) is 0 Å². The first-order valence-electron chi connectivity index (χ1n) is 7.24. The molecule has 0 aliphatic heterocycles. The lowest BCUT2D eigenvalue weighted by Crippen LogP contribution is -1.97. The van der Waals surface area contributed by atoms with Crippen LogP contribution in [-0.4, -0.2) is 23.4 Å². The highest BCUT2D eigenvalue weighted by atomic mass is 16.3. The maximum absolute atomic E-state index is 9.03. The molecule has 2 N–H and O–H groups in total. The summed E-state index contributed by atoms with van der Waals surface area (Å²) in [5.41, 5.74) is 5.04. The van der Waals surface area contributed by atoms with Gasteiger partial charge in [0.25, 0.3) is 0 Å². The van der Waals surface area contributed by atoms with Gasteiger partial charge in [-0.05, 0) is 47.9 Å². The monoisotopic (exact) mass is 270 g/mol. The molecule has 0 atom stereocenters. The first-order valence-corrected chi connectivity index (χ1v) is 7.24. The molecule has 0 amide bonds. The van der Waals surface area contributed by atoms with E-state index in [2.05, 4.69) is 36.4 Å². The fraction of sp³-hybridized carbons (Fsp3) is 0.333. The van der Waals surface area contributed by atoms with Crippen LogP contribution in [0.15, 0.2) is 48.5 Å². The Hall–Kier alpha value is -1.64. The zero-order chi connectivity index (χ0) is 14.2. The van der Waals surface area contributed by atoms with E-state index in [1.807, 2.05) is 12.1 Å². The molecule has 0 saturated heterocycles. The largest absolute Gasteiger partial charge is 0.396 e. The average Bonchev–Trinajstić information content (AvgIpc) is 2.51. The third kappa shape index (κ3) is 3.69. The van der Waals surface area contributed by atoms with Gasteiger partial charge in [-0.15, -0.1) is 0 Å². The fourth-order valence-corrected chi connectivity index (χ4v) is 2.54. The summed E-state index contributed by atoms with van der Waals surface area (Å²) in [5, 5.41) is 18.1. The molecule has 2 aromatic rings. The molecule has 0 heterocycles. The van der Waals surface area contributed by atoms with Crippen LogP contribution < -0.4 is 0 Å². The summed E-state index contributed by atoms with van der Waals surface area (Å²) >= 11 is 0. The van der Waals surface area contributed by atoms with Gasteiger partial charge in [0.05, 0.1) is 0 Å². The Labute approximate surface area is 120 Å². The van der Waals surface area contributed by atoms with Crippen molar-refractivity contribution in [1.29, 1.82) is 0 Å². The first kappa shape index (κ1) is 14.8. The van der Waals surface area contributed by atoms with Gasteiger partial charge in [-0.2, -0.15) is 0 Å². The number of hydrogen-bond acceptors (Lipinski definition) is 2. The van der Waals surface area contributed by atoms with Gasteiger partial charge in [-0.25, -0.2) is 0 Å². The van der Waals surface area contributed by atoms with Crippen LogP contribution >= 0.6 is 0 Å². The normalized spacial score (nSPS) is 10.7. The second-order valence-corrected chi connectivity index (χ2v) is 4.97. The van der Waals surface area contributed by atoms with Crippen LogP contribution in [0, 0.1) is 0 Å². The third-order valence-electron chi connectivity index (χ3n) is 3.53. The first-order chi connectivity index (χ1) is 9.86. The minimum atomic E-state index is 0.223. The molecule has 2 nitrogen and oxygen atoms in total. The predicted molar refractivity (Wildman–Crippen MR) is 82.7 cm³/mol. The van der Waals surface area contributed by atoms with Crippen molar-refractivity contribution < 1.29 is 10.2 Å². The van der Waals surface area contributed by atoms with Crippen molar-refractivity contribution in [2.75, 3.05) is 13.2 Å². The number of benzene rings is 2. The molecular weight excluding hydrogens is 248 g/mol. The smallest absolute Gasteiger partial charge is 0.0434 e. The topological polar surface area (TPSA) is 40.5 Å². The van der Waals surface area contributed by atoms with Crippen molar-refractivity contribution in [1.82, 2.24) is 0 Å². The van der Waals surface area contributed by atoms with Crippen LogP contribution in [0.4, 0.5) is 0 Å². The quantitative estimate of drug-likeness (QED) is 0.811. The SMILES string of the molecule is OCCCc1ccccc1-c1ccccc1CCCO. The Morgan fingerprint density at radius 3 is 1.40 bits per heavy atom. The van der Waals surface area contributed by atoms with Gasteiger partial charge in [0.1, 0.15) is 0 Å². The van der Waals surface area contributed by atoms with Gasteiger partial charge in [-0.1, -0.05) is 48.5 Å². The molecule has 0 bridgehead atoms. The standard InChI is InChI=1S/C18H22O2/c19-13-5-9-15-7-1-3-11-17(15)18-12-4-2-8-16(18)10-6-14-20/h1-4,7-8,11-12,19-20H,5-6,9-10,13-14H2. The Kier molecular flexibility index (Phi) is 5.78. The summed E-state index contributed by atoms with van der Waals surface area (Å²) in [6.07, 6.45) is 3.35. The van der Waals surface area contributed by atoms with E-state index in [1.54, 1.807) is 0 Å². The van der Waals surface area contributed by atoms with Crippen LogP contribution in [0.5, 0.6) is 0 Å². The maximum Gasteiger partial charge on any atom is 0.0434 e. The lowest BCUT2D eigenvalue weighted by atomic mass is 9.92. The van der Waals surface area contributed by atoms with E-state index in [1.165, 1.54) is 22.3 Å². The van der Waals surface area contributed by atoms with Crippen LogP contribution in [0.2, 0.25) is 0 Å². The highest BCUT2D eigenvalue weighted by Crippen LogP contribution is 2.28. The summed E-state index contributed by atoms with van der Waals surface area (Å²) in [7, 11) is 0. The predicted octanol–water partition coefficient (Wildman–Crippen LogP) is 3.20. The highest BCUT2D eigenvalue weighted by Gasteiger charge is 2.08.